The Bertz CT molecular complexity index is 241. The molecule has 4 heteroatoms. The Morgan fingerprint density at radius 2 is 1.60 bits per heavy atom. The Labute approximate surface area is 90.2 Å². The highest BCUT2D eigenvalue weighted by Gasteiger charge is 2.03. The molecule has 0 amide bonds. The van der Waals surface area contributed by atoms with Gasteiger partial charge in [-0.2, -0.15) is 0 Å². The van der Waals surface area contributed by atoms with Gasteiger partial charge in [0.2, 0.25) is 0 Å². The lowest BCUT2D eigenvalue weighted by Gasteiger charge is -2.05. The summed E-state index contributed by atoms with van der Waals surface area (Å²) in [4.78, 5) is 22.0. The second-order valence-corrected chi connectivity index (χ2v) is 3.63. The number of esters is 2. The van der Waals surface area contributed by atoms with Crippen LogP contribution < -0.4 is 0 Å². The minimum atomic E-state index is -0.442. The molecule has 0 unspecified atom stereocenters. The molecular formula is C11H18O4. The number of ether oxygens (including phenoxy) is 2. The van der Waals surface area contributed by atoms with Crippen molar-refractivity contribution in [1.29, 1.82) is 0 Å². The van der Waals surface area contributed by atoms with Crippen LogP contribution in [0, 0.1) is 0 Å². The summed E-state index contributed by atoms with van der Waals surface area (Å²) in [6.07, 6.45) is 2.49. The van der Waals surface area contributed by atoms with Crippen molar-refractivity contribution in [3.8, 4) is 0 Å². The van der Waals surface area contributed by atoms with E-state index in [4.69, 9.17) is 9.47 Å². The Balaban J connectivity index is 3.79. The smallest absolute Gasteiger partial charge is 0.330 e. The molecule has 86 valence electrons. The molecule has 0 radical (unpaired) electrons. The molecular weight excluding hydrogens is 196 g/mol. The summed E-state index contributed by atoms with van der Waals surface area (Å²) >= 11 is 0. The third kappa shape index (κ3) is 9.00. The topological polar surface area (TPSA) is 52.6 Å². The van der Waals surface area contributed by atoms with E-state index in [1.54, 1.807) is 27.7 Å². The van der Waals surface area contributed by atoms with E-state index in [0.29, 0.717) is 0 Å². The second-order valence-electron chi connectivity index (χ2n) is 3.63. The SMILES string of the molecule is CC(C)OC(=O)/C=C\CC(=O)OC(C)C. The number of hydrogen-bond donors (Lipinski definition) is 0. The van der Waals surface area contributed by atoms with Gasteiger partial charge in [-0.05, 0) is 27.7 Å². The van der Waals surface area contributed by atoms with Crippen LogP contribution >= 0.6 is 0 Å². The zero-order valence-electron chi connectivity index (χ0n) is 9.65. The third-order valence-electron chi connectivity index (χ3n) is 1.26. The molecule has 0 spiro atoms. The number of carbonyl (C=O) groups is 2. The van der Waals surface area contributed by atoms with Crippen LogP contribution in [0.5, 0.6) is 0 Å². The first-order chi connectivity index (χ1) is 6.91. The highest BCUT2D eigenvalue weighted by atomic mass is 16.5. The van der Waals surface area contributed by atoms with Gasteiger partial charge in [0.25, 0.3) is 0 Å². The first-order valence-corrected chi connectivity index (χ1v) is 4.98. The summed E-state index contributed by atoms with van der Waals surface area (Å²) in [5, 5.41) is 0. The van der Waals surface area contributed by atoms with Crippen molar-refractivity contribution in [3.63, 3.8) is 0 Å². The standard InChI is InChI=1S/C11H18O4/c1-8(2)14-10(12)6-5-7-11(13)15-9(3)4/h5-6,8-9H,7H2,1-4H3/b6-5-. The van der Waals surface area contributed by atoms with Gasteiger partial charge in [0.05, 0.1) is 18.6 Å². The molecule has 0 aromatic heterocycles. The predicted octanol–water partition coefficient (Wildman–Crippen LogP) is 1.84. The molecule has 0 aromatic rings. The van der Waals surface area contributed by atoms with Crippen molar-refractivity contribution < 1.29 is 19.1 Å². The quantitative estimate of drug-likeness (QED) is 0.517. The van der Waals surface area contributed by atoms with E-state index in [1.165, 1.54) is 12.2 Å². The van der Waals surface area contributed by atoms with Gasteiger partial charge in [0.1, 0.15) is 0 Å². The van der Waals surface area contributed by atoms with E-state index in [0.717, 1.165) is 0 Å². The van der Waals surface area contributed by atoms with E-state index in [-0.39, 0.29) is 24.6 Å². The minimum Gasteiger partial charge on any atom is -0.463 e. The summed E-state index contributed by atoms with van der Waals surface area (Å²) in [5.74, 6) is -0.791. The van der Waals surface area contributed by atoms with Crippen LogP contribution in [-0.2, 0) is 19.1 Å². The maximum atomic E-state index is 11.0. The molecule has 0 N–H and O–H groups in total. The average Bonchev–Trinajstić information content (AvgIpc) is 2.00. The van der Waals surface area contributed by atoms with Gasteiger partial charge in [-0.15, -0.1) is 0 Å². The Kier molecular flexibility index (Phi) is 6.42. The van der Waals surface area contributed by atoms with E-state index in [2.05, 4.69) is 0 Å². The Morgan fingerprint density at radius 3 is 2.07 bits per heavy atom. The van der Waals surface area contributed by atoms with Gasteiger partial charge < -0.3 is 9.47 Å². The van der Waals surface area contributed by atoms with Gasteiger partial charge in [0.15, 0.2) is 0 Å². The lowest BCUT2D eigenvalue weighted by Crippen LogP contribution is -2.11. The molecule has 15 heavy (non-hydrogen) atoms. The highest BCUT2D eigenvalue weighted by molar-refractivity contribution is 5.83. The van der Waals surface area contributed by atoms with Gasteiger partial charge in [-0.3, -0.25) is 4.79 Å². The second kappa shape index (κ2) is 7.04. The van der Waals surface area contributed by atoms with Crippen LogP contribution in [0.25, 0.3) is 0 Å². The summed E-state index contributed by atoms with van der Waals surface area (Å²) < 4.78 is 9.71. The number of carbonyl (C=O) groups excluding carboxylic acids is 2. The molecule has 4 nitrogen and oxygen atoms in total. The van der Waals surface area contributed by atoms with Crippen molar-refractivity contribution in [2.45, 2.75) is 46.3 Å². The van der Waals surface area contributed by atoms with Gasteiger partial charge in [-0.1, -0.05) is 6.08 Å². The van der Waals surface area contributed by atoms with Crippen LogP contribution in [0.15, 0.2) is 12.2 Å². The summed E-state index contributed by atoms with van der Waals surface area (Å²) in [5.41, 5.74) is 0. The fraction of sp³-hybridized carbons (Fsp3) is 0.636. The summed E-state index contributed by atoms with van der Waals surface area (Å²) in [7, 11) is 0. The summed E-state index contributed by atoms with van der Waals surface area (Å²) in [6, 6.07) is 0. The molecule has 0 aliphatic heterocycles. The highest BCUT2D eigenvalue weighted by Crippen LogP contribution is 1.96. The van der Waals surface area contributed by atoms with Crippen molar-refractivity contribution >= 4 is 11.9 Å². The van der Waals surface area contributed by atoms with Crippen LogP contribution in [0.2, 0.25) is 0 Å². The fourth-order valence-corrected chi connectivity index (χ4v) is 0.834. The minimum absolute atomic E-state index is 0.0887. The zero-order chi connectivity index (χ0) is 11.8. The molecule has 0 aromatic carbocycles. The number of hydrogen-bond acceptors (Lipinski definition) is 4. The Hall–Kier alpha value is -1.32. The monoisotopic (exact) mass is 214 g/mol. The van der Waals surface area contributed by atoms with Gasteiger partial charge in [0, 0.05) is 6.08 Å². The zero-order valence-corrected chi connectivity index (χ0v) is 9.65. The molecule has 0 fully saturated rings. The van der Waals surface area contributed by atoms with Crippen molar-refractivity contribution in [2.24, 2.45) is 0 Å². The molecule has 0 rings (SSSR count). The van der Waals surface area contributed by atoms with Crippen LogP contribution in [0.4, 0.5) is 0 Å². The van der Waals surface area contributed by atoms with Gasteiger partial charge in [-0.25, -0.2) is 4.79 Å². The predicted molar refractivity (Wildman–Crippen MR) is 56.2 cm³/mol. The van der Waals surface area contributed by atoms with Crippen molar-refractivity contribution in [2.75, 3.05) is 0 Å². The van der Waals surface area contributed by atoms with Crippen LogP contribution in [0.3, 0.4) is 0 Å². The van der Waals surface area contributed by atoms with Gasteiger partial charge >= 0.3 is 11.9 Å². The van der Waals surface area contributed by atoms with Crippen LogP contribution in [0.1, 0.15) is 34.1 Å². The average molecular weight is 214 g/mol. The lowest BCUT2D eigenvalue weighted by molar-refractivity contribution is -0.146. The van der Waals surface area contributed by atoms with E-state index < -0.39 is 5.97 Å². The molecule has 0 atom stereocenters. The lowest BCUT2D eigenvalue weighted by atomic mass is 10.3. The van der Waals surface area contributed by atoms with Crippen LogP contribution in [-0.4, -0.2) is 24.1 Å². The molecule has 0 heterocycles. The summed E-state index contributed by atoms with van der Waals surface area (Å²) in [6.45, 7) is 7.07. The molecule has 0 aliphatic rings. The largest absolute Gasteiger partial charge is 0.463 e. The first kappa shape index (κ1) is 13.7. The fourth-order valence-electron chi connectivity index (χ4n) is 0.834. The molecule has 0 saturated carbocycles. The Morgan fingerprint density at radius 1 is 1.07 bits per heavy atom. The van der Waals surface area contributed by atoms with E-state index >= 15 is 0 Å². The number of rotatable bonds is 5. The first-order valence-electron chi connectivity index (χ1n) is 4.98. The maximum Gasteiger partial charge on any atom is 0.330 e. The van der Waals surface area contributed by atoms with E-state index in [1.807, 2.05) is 0 Å². The van der Waals surface area contributed by atoms with E-state index in [9.17, 15) is 9.59 Å². The molecule has 0 saturated heterocycles. The third-order valence-corrected chi connectivity index (χ3v) is 1.26. The maximum absolute atomic E-state index is 11.0. The van der Waals surface area contributed by atoms with Crippen molar-refractivity contribution in [1.82, 2.24) is 0 Å². The normalized spacial score (nSPS) is 11.1. The van der Waals surface area contributed by atoms with Crippen molar-refractivity contribution in [3.05, 3.63) is 12.2 Å². The molecule has 0 aliphatic carbocycles. The molecule has 0 bridgehead atoms.